The minimum absolute atomic E-state index is 0.156. The van der Waals surface area contributed by atoms with E-state index >= 15 is 0 Å². The van der Waals surface area contributed by atoms with Gasteiger partial charge in [-0.2, -0.15) is 20.2 Å². The average Bonchev–Trinajstić information content (AvgIpc) is 3.58. The molecule has 6 heterocycles. The number of halogens is 1. The molecule has 40 heavy (non-hydrogen) atoms. The standard InChI is InChI=1S/C27H35FN8O3S/c1-25(38)8-17(37)11-34(12-25)22-31-23(33-24(32-22)39-15-27-4-2-6-36(27)10-16(28)7-27)35-13-26(14-35)5-3-19-20(26)18(9-29)21(30)40-19/h16-17,37-38H,2-8,10-15,30H2,1H3/t16?,17-,25+,27-/m0/s1. The summed E-state index contributed by atoms with van der Waals surface area (Å²) in [6.45, 7) is 5.14. The maximum atomic E-state index is 14.3. The summed E-state index contributed by atoms with van der Waals surface area (Å²) in [4.78, 5) is 21.3. The van der Waals surface area contributed by atoms with Crippen molar-refractivity contribution < 1.29 is 19.3 Å². The molecule has 0 aromatic carbocycles. The van der Waals surface area contributed by atoms with E-state index in [-0.39, 0.29) is 36.5 Å². The molecule has 0 radical (unpaired) electrons. The number of piperidine rings is 1. The van der Waals surface area contributed by atoms with Gasteiger partial charge in [0.25, 0.3) is 0 Å². The molecule has 5 aliphatic rings. The third-order valence-corrected chi connectivity index (χ3v) is 10.6. The van der Waals surface area contributed by atoms with Gasteiger partial charge in [0, 0.05) is 55.9 Å². The van der Waals surface area contributed by atoms with Gasteiger partial charge in [-0.15, -0.1) is 11.3 Å². The summed E-state index contributed by atoms with van der Waals surface area (Å²) >= 11 is 1.52. The third-order valence-electron chi connectivity index (χ3n) is 9.49. The van der Waals surface area contributed by atoms with Crippen LogP contribution in [0.15, 0.2) is 0 Å². The predicted octanol–water partition coefficient (Wildman–Crippen LogP) is 1.37. The number of alkyl halides is 1. The highest BCUT2D eigenvalue weighted by Gasteiger charge is 2.53. The normalized spacial score (nSPS) is 32.7. The SMILES string of the molecule is C[C@@]1(O)C[C@H](O)CN(c2nc(OC[C@@]34CCCN3CC(F)C4)nc(N3CC4(CCc5sc(N)c(C#N)c54)C3)n2)C1. The molecule has 4 N–H and O–H groups in total. The van der Waals surface area contributed by atoms with Gasteiger partial charge < -0.3 is 30.5 Å². The molecule has 1 spiro atoms. The molecule has 2 aromatic heterocycles. The minimum Gasteiger partial charge on any atom is -0.461 e. The lowest BCUT2D eigenvalue weighted by molar-refractivity contribution is -0.00843. The first kappa shape index (κ1) is 26.1. The van der Waals surface area contributed by atoms with Crippen LogP contribution in [-0.2, 0) is 11.8 Å². The van der Waals surface area contributed by atoms with Crippen molar-refractivity contribution in [3.8, 4) is 12.1 Å². The van der Waals surface area contributed by atoms with E-state index in [1.54, 1.807) is 11.8 Å². The van der Waals surface area contributed by atoms with Crippen LogP contribution in [-0.4, -0.2) is 99.4 Å². The molecule has 2 aromatic rings. The fourth-order valence-corrected chi connectivity index (χ4v) is 8.95. The zero-order valence-electron chi connectivity index (χ0n) is 22.6. The van der Waals surface area contributed by atoms with Crippen LogP contribution in [0.4, 0.5) is 21.3 Å². The number of nitriles is 1. The number of hydrogen-bond acceptors (Lipinski definition) is 12. The maximum Gasteiger partial charge on any atom is 0.323 e. The van der Waals surface area contributed by atoms with Crippen LogP contribution in [0.1, 0.15) is 55.0 Å². The molecular weight excluding hydrogens is 535 g/mol. The topological polar surface area (TPSA) is 148 Å². The number of thiophene rings is 1. The largest absolute Gasteiger partial charge is 0.461 e. The number of aryl methyl sites for hydroxylation is 1. The lowest BCUT2D eigenvalue weighted by atomic mass is 9.74. The van der Waals surface area contributed by atoms with E-state index in [0.717, 1.165) is 37.8 Å². The molecule has 0 saturated carbocycles. The first-order valence-electron chi connectivity index (χ1n) is 14.1. The average molecular weight is 571 g/mol. The van der Waals surface area contributed by atoms with Gasteiger partial charge >= 0.3 is 6.01 Å². The number of aliphatic hydroxyl groups excluding tert-OH is 1. The molecule has 4 atom stereocenters. The molecule has 214 valence electrons. The predicted molar refractivity (Wildman–Crippen MR) is 147 cm³/mol. The van der Waals surface area contributed by atoms with Crippen molar-refractivity contribution in [2.45, 2.75) is 74.3 Å². The highest BCUT2D eigenvalue weighted by atomic mass is 32.1. The number of nitrogens with two attached hydrogens (primary N) is 1. The van der Waals surface area contributed by atoms with Crippen LogP contribution >= 0.6 is 11.3 Å². The number of rotatable bonds is 5. The van der Waals surface area contributed by atoms with E-state index in [0.29, 0.717) is 55.1 Å². The molecule has 13 heteroatoms. The Bertz CT molecular complexity index is 1370. The smallest absolute Gasteiger partial charge is 0.323 e. The molecule has 4 fully saturated rings. The van der Waals surface area contributed by atoms with E-state index in [1.807, 2.05) is 0 Å². The van der Waals surface area contributed by atoms with E-state index in [2.05, 4.69) is 25.8 Å². The van der Waals surface area contributed by atoms with Gasteiger partial charge in [0.15, 0.2) is 0 Å². The van der Waals surface area contributed by atoms with Gasteiger partial charge in [0.05, 0.1) is 22.8 Å². The Kier molecular flexibility index (Phi) is 5.95. The number of nitrogens with zero attached hydrogens (tertiary/aromatic N) is 7. The first-order chi connectivity index (χ1) is 19.1. The van der Waals surface area contributed by atoms with Crippen molar-refractivity contribution in [1.29, 1.82) is 5.26 Å². The number of aromatic nitrogens is 3. The van der Waals surface area contributed by atoms with Crippen LogP contribution in [0.5, 0.6) is 6.01 Å². The van der Waals surface area contributed by atoms with Crippen LogP contribution in [0.25, 0.3) is 0 Å². The van der Waals surface area contributed by atoms with E-state index < -0.39 is 17.9 Å². The fourth-order valence-electron chi connectivity index (χ4n) is 7.81. The highest BCUT2D eigenvalue weighted by Crippen LogP contribution is 2.52. The number of nitrogen functional groups attached to an aromatic ring is 1. The summed E-state index contributed by atoms with van der Waals surface area (Å²) in [5, 5.41) is 31.5. The third kappa shape index (κ3) is 4.19. The van der Waals surface area contributed by atoms with E-state index in [1.165, 1.54) is 16.2 Å². The van der Waals surface area contributed by atoms with Crippen molar-refractivity contribution in [3.63, 3.8) is 0 Å². The van der Waals surface area contributed by atoms with Gasteiger partial charge in [0.2, 0.25) is 11.9 Å². The van der Waals surface area contributed by atoms with Gasteiger partial charge in [-0.05, 0) is 44.7 Å². The molecule has 0 bridgehead atoms. The van der Waals surface area contributed by atoms with Gasteiger partial charge in [-0.1, -0.05) is 0 Å². The van der Waals surface area contributed by atoms with Gasteiger partial charge in [-0.3, -0.25) is 4.90 Å². The second kappa shape index (κ2) is 9.11. The summed E-state index contributed by atoms with van der Waals surface area (Å²) in [7, 11) is 0. The Hall–Kier alpha value is -2.79. The van der Waals surface area contributed by atoms with Gasteiger partial charge in [0.1, 0.15) is 23.8 Å². The summed E-state index contributed by atoms with van der Waals surface area (Å²) in [6, 6.07) is 2.47. The number of fused-ring (bicyclic) bond motifs is 3. The molecular formula is C27H35FN8O3S. The number of ether oxygens (including phenoxy) is 1. The molecule has 11 nitrogen and oxygen atoms in total. The zero-order valence-corrected chi connectivity index (χ0v) is 23.5. The lowest BCUT2D eigenvalue weighted by Crippen LogP contribution is -2.59. The van der Waals surface area contributed by atoms with Crippen molar-refractivity contribution in [3.05, 3.63) is 16.0 Å². The van der Waals surface area contributed by atoms with Crippen LogP contribution in [0, 0.1) is 11.3 Å². The van der Waals surface area contributed by atoms with Crippen molar-refractivity contribution >= 4 is 28.2 Å². The van der Waals surface area contributed by atoms with Crippen molar-refractivity contribution in [2.75, 3.05) is 61.4 Å². The zero-order chi connectivity index (χ0) is 27.9. The van der Waals surface area contributed by atoms with Crippen LogP contribution in [0.3, 0.4) is 0 Å². The fraction of sp³-hybridized carbons (Fsp3) is 0.704. The molecule has 0 amide bonds. The van der Waals surface area contributed by atoms with E-state index in [9.17, 15) is 19.9 Å². The molecule has 1 unspecified atom stereocenters. The molecule has 7 rings (SSSR count). The number of hydrogen-bond donors (Lipinski definition) is 3. The maximum absolute atomic E-state index is 14.3. The van der Waals surface area contributed by atoms with Crippen molar-refractivity contribution in [2.24, 2.45) is 0 Å². The molecule has 4 saturated heterocycles. The molecule has 4 aliphatic heterocycles. The Balaban J connectivity index is 1.18. The number of anilines is 3. The Morgan fingerprint density at radius 2 is 1.93 bits per heavy atom. The second-order valence-electron chi connectivity index (χ2n) is 12.7. The minimum atomic E-state index is -1.09. The van der Waals surface area contributed by atoms with Crippen LogP contribution < -0.4 is 20.3 Å². The Morgan fingerprint density at radius 1 is 1.15 bits per heavy atom. The number of β-amino-alcohol motifs (C(OH)–C–C–N with tert-alkyl or cyclic N) is 2. The highest BCUT2D eigenvalue weighted by molar-refractivity contribution is 7.16. The summed E-state index contributed by atoms with van der Waals surface area (Å²) in [5.74, 6) is 0.788. The van der Waals surface area contributed by atoms with E-state index in [4.69, 9.17) is 15.5 Å². The number of aliphatic hydroxyl groups is 2. The summed E-state index contributed by atoms with van der Waals surface area (Å²) < 4.78 is 20.6. The Morgan fingerprint density at radius 3 is 2.67 bits per heavy atom. The first-order valence-corrected chi connectivity index (χ1v) is 14.9. The summed E-state index contributed by atoms with van der Waals surface area (Å²) in [5.41, 5.74) is 6.24. The lowest BCUT2D eigenvalue weighted by Gasteiger charge is -2.48. The summed E-state index contributed by atoms with van der Waals surface area (Å²) in [6.07, 6.45) is 2.88. The van der Waals surface area contributed by atoms with Gasteiger partial charge in [-0.25, -0.2) is 4.39 Å². The monoisotopic (exact) mass is 570 g/mol. The van der Waals surface area contributed by atoms with Crippen LogP contribution in [0.2, 0.25) is 0 Å². The molecule has 1 aliphatic carbocycles. The quantitative estimate of drug-likeness (QED) is 0.479. The van der Waals surface area contributed by atoms with Crippen molar-refractivity contribution in [1.82, 2.24) is 19.9 Å². The Labute approximate surface area is 236 Å². The second-order valence-corrected chi connectivity index (χ2v) is 13.8.